The van der Waals surface area contributed by atoms with E-state index in [1.807, 2.05) is 0 Å². The van der Waals surface area contributed by atoms with E-state index in [2.05, 4.69) is 27.5 Å². The van der Waals surface area contributed by atoms with Crippen LogP contribution in [0.3, 0.4) is 0 Å². The molecule has 1 aromatic carbocycles. The van der Waals surface area contributed by atoms with Gasteiger partial charge < -0.3 is 15.4 Å². The first-order valence-electron chi connectivity index (χ1n) is 8.19. The molecule has 1 aromatic heterocycles. The molecular formula is C18H22N4O3. The molecule has 1 heterocycles. The third kappa shape index (κ3) is 5.56. The van der Waals surface area contributed by atoms with Crippen LogP contribution < -0.4 is 10.6 Å². The molecule has 7 nitrogen and oxygen atoms in total. The van der Waals surface area contributed by atoms with Gasteiger partial charge in [-0.15, -0.1) is 0 Å². The maximum atomic E-state index is 11.9. The van der Waals surface area contributed by atoms with Gasteiger partial charge in [0.25, 0.3) is 5.91 Å². The average Bonchev–Trinajstić information content (AvgIpc) is 2.65. The summed E-state index contributed by atoms with van der Waals surface area (Å²) in [5, 5.41) is 5.85. The van der Waals surface area contributed by atoms with Crippen LogP contribution in [0, 0.1) is 0 Å². The number of anilines is 2. The Morgan fingerprint density at radius 3 is 2.68 bits per heavy atom. The minimum Gasteiger partial charge on any atom is -0.465 e. The predicted octanol–water partition coefficient (Wildman–Crippen LogP) is 2.93. The zero-order chi connectivity index (χ0) is 18.1. The molecule has 0 aliphatic carbocycles. The third-order valence-corrected chi connectivity index (χ3v) is 3.51. The molecule has 7 heteroatoms. The molecule has 2 N–H and O–H groups in total. The van der Waals surface area contributed by atoms with Crippen LogP contribution in [0.5, 0.6) is 0 Å². The van der Waals surface area contributed by atoms with E-state index in [-0.39, 0.29) is 11.6 Å². The van der Waals surface area contributed by atoms with Crippen LogP contribution in [0.4, 0.5) is 11.5 Å². The number of unbranched alkanes of at least 4 members (excludes halogenated alkanes) is 2. The molecule has 0 saturated carbocycles. The van der Waals surface area contributed by atoms with E-state index >= 15 is 0 Å². The zero-order valence-corrected chi connectivity index (χ0v) is 14.4. The molecule has 0 atom stereocenters. The van der Waals surface area contributed by atoms with Gasteiger partial charge in [-0.25, -0.2) is 14.8 Å². The van der Waals surface area contributed by atoms with Crippen LogP contribution in [-0.4, -0.2) is 35.5 Å². The Hall–Kier alpha value is -2.96. The largest absolute Gasteiger partial charge is 0.465 e. The van der Waals surface area contributed by atoms with Crippen molar-refractivity contribution in [2.24, 2.45) is 0 Å². The lowest BCUT2D eigenvalue weighted by Gasteiger charge is -2.08. The summed E-state index contributed by atoms with van der Waals surface area (Å²) in [4.78, 5) is 31.8. The Labute approximate surface area is 146 Å². The molecule has 0 unspecified atom stereocenters. The number of nitrogens with one attached hydrogen (secondary N) is 2. The first-order valence-corrected chi connectivity index (χ1v) is 8.19. The second kappa shape index (κ2) is 9.36. The molecule has 0 bridgehead atoms. The number of methoxy groups -OCH3 is 1. The van der Waals surface area contributed by atoms with E-state index in [9.17, 15) is 9.59 Å². The number of carbonyl (C=O) groups is 2. The number of ether oxygens (including phenoxy) is 1. The molecule has 0 radical (unpaired) electrons. The lowest BCUT2D eigenvalue weighted by molar-refractivity contribution is 0.0600. The highest BCUT2D eigenvalue weighted by Gasteiger charge is 2.09. The fourth-order valence-electron chi connectivity index (χ4n) is 2.17. The minimum absolute atomic E-state index is 0.233. The van der Waals surface area contributed by atoms with Crippen molar-refractivity contribution in [1.29, 1.82) is 0 Å². The van der Waals surface area contributed by atoms with Gasteiger partial charge in [0.15, 0.2) is 0 Å². The number of aromatic nitrogens is 2. The Morgan fingerprint density at radius 1 is 1.16 bits per heavy atom. The second-order valence-electron chi connectivity index (χ2n) is 5.45. The van der Waals surface area contributed by atoms with E-state index in [0.29, 0.717) is 23.6 Å². The molecule has 25 heavy (non-hydrogen) atoms. The number of hydrogen-bond donors (Lipinski definition) is 2. The molecule has 2 aromatic rings. The van der Waals surface area contributed by atoms with Crippen molar-refractivity contribution in [2.75, 3.05) is 19.0 Å². The van der Waals surface area contributed by atoms with Crippen LogP contribution in [-0.2, 0) is 4.74 Å². The molecule has 0 fully saturated rings. The highest BCUT2D eigenvalue weighted by molar-refractivity contribution is 5.92. The zero-order valence-electron chi connectivity index (χ0n) is 14.4. The van der Waals surface area contributed by atoms with Crippen molar-refractivity contribution in [2.45, 2.75) is 26.2 Å². The maximum absolute atomic E-state index is 11.9. The number of esters is 1. The molecule has 132 valence electrons. The number of hydrogen-bond acceptors (Lipinski definition) is 6. The van der Waals surface area contributed by atoms with Gasteiger partial charge in [-0.05, 0) is 24.6 Å². The highest BCUT2D eigenvalue weighted by atomic mass is 16.5. The lowest BCUT2D eigenvalue weighted by atomic mass is 10.2. The van der Waals surface area contributed by atoms with Crippen molar-refractivity contribution in [3.05, 3.63) is 47.9 Å². The number of benzene rings is 1. The lowest BCUT2D eigenvalue weighted by Crippen LogP contribution is -2.25. The quantitative estimate of drug-likeness (QED) is 0.566. The summed E-state index contributed by atoms with van der Waals surface area (Å²) in [6, 6.07) is 6.85. The standard InChI is InChI=1S/C18H22N4O3/c1-3-4-5-9-19-17(23)15-11-21-16(12-20-15)22-14-8-6-7-13(10-14)18(24)25-2/h6-8,10-12H,3-5,9H2,1-2H3,(H,19,23)(H,21,22). The van der Waals surface area contributed by atoms with Gasteiger partial charge in [-0.1, -0.05) is 25.8 Å². The fraction of sp³-hybridized carbons (Fsp3) is 0.333. The van der Waals surface area contributed by atoms with Gasteiger partial charge in [-0.2, -0.15) is 0 Å². The first-order chi connectivity index (χ1) is 12.1. The SMILES string of the molecule is CCCCCNC(=O)c1cnc(Nc2cccc(C(=O)OC)c2)cn1. The Morgan fingerprint density at radius 2 is 2.00 bits per heavy atom. The summed E-state index contributed by atoms with van der Waals surface area (Å²) in [5.41, 5.74) is 1.38. The van der Waals surface area contributed by atoms with E-state index in [1.165, 1.54) is 19.5 Å². The van der Waals surface area contributed by atoms with Crippen molar-refractivity contribution in [3.8, 4) is 0 Å². The summed E-state index contributed by atoms with van der Waals surface area (Å²) >= 11 is 0. The topological polar surface area (TPSA) is 93.2 Å². The number of nitrogens with zero attached hydrogens (tertiary/aromatic N) is 2. The molecule has 2 rings (SSSR count). The average molecular weight is 342 g/mol. The first kappa shape index (κ1) is 18.4. The van der Waals surface area contributed by atoms with E-state index in [0.717, 1.165) is 19.3 Å². The van der Waals surface area contributed by atoms with E-state index in [1.54, 1.807) is 24.3 Å². The Balaban J connectivity index is 1.96. The van der Waals surface area contributed by atoms with Gasteiger partial charge >= 0.3 is 5.97 Å². The maximum Gasteiger partial charge on any atom is 0.337 e. The number of amides is 1. The van der Waals surface area contributed by atoms with Crippen molar-refractivity contribution in [1.82, 2.24) is 15.3 Å². The summed E-state index contributed by atoms with van der Waals surface area (Å²) in [5.74, 6) is -0.169. The second-order valence-corrected chi connectivity index (χ2v) is 5.45. The normalized spacial score (nSPS) is 10.2. The van der Waals surface area contributed by atoms with E-state index in [4.69, 9.17) is 4.74 Å². The Kier molecular flexibility index (Phi) is 6.88. The highest BCUT2D eigenvalue weighted by Crippen LogP contribution is 2.16. The molecule has 0 spiro atoms. The summed E-state index contributed by atoms with van der Waals surface area (Å²) in [6.45, 7) is 2.74. The van der Waals surface area contributed by atoms with Crippen molar-refractivity contribution in [3.63, 3.8) is 0 Å². The van der Waals surface area contributed by atoms with Crippen LogP contribution in [0.25, 0.3) is 0 Å². The predicted molar refractivity (Wildman–Crippen MR) is 95.0 cm³/mol. The number of carbonyl (C=O) groups excluding carboxylic acids is 2. The molecule has 1 amide bonds. The van der Waals surface area contributed by atoms with Gasteiger partial charge in [0.1, 0.15) is 11.5 Å². The molecule has 0 aliphatic heterocycles. The smallest absolute Gasteiger partial charge is 0.337 e. The van der Waals surface area contributed by atoms with E-state index < -0.39 is 5.97 Å². The monoisotopic (exact) mass is 342 g/mol. The van der Waals surface area contributed by atoms with Crippen molar-refractivity contribution < 1.29 is 14.3 Å². The van der Waals surface area contributed by atoms with Crippen LogP contribution in [0.1, 0.15) is 47.0 Å². The van der Waals surface area contributed by atoms with Gasteiger partial charge in [0.05, 0.1) is 25.1 Å². The molecular weight excluding hydrogens is 320 g/mol. The third-order valence-electron chi connectivity index (χ3n) is 3.51. The summed E-state index contributed by atoms with van der Waals surface area (Å²) in [6.07, 6.45) is 6.03. The number of rotatable bonds is 8. The summed E-state index contributed by atoms with van der Waals surface area (Å²) in [7, 11) is 1.33. The molecule has 0 saturated heterocycles. The van der Waals surface area contributed by atoms with Gasteiger partial charge in [0.2, 0.25) is 0 Å². The van der Waals surface area contributed by atoms with Gasteiger partial charge in [0, 0.05) is 12.2 Å². The minimum atomic E-state index is -0.412. The van der Waals surface area contributed by atoms with Crippen LogP contribution in [0.2, 0.25) is 0 Å². The summed E-state index contributed by atoms with van der Waals surface area (Å²) < 4.78 is 4.69. The van der Waals surface area contributed by atoms with Crippen LogP contribution in [0.15, 0.2) is 36.7 Å². The van der Waals surface area contributed by atoms with Crippen molar-refractivity contribution >= 4 is 23.4 Å². The molecule has 0 aliphatic rings. The van der Waals surface area contributed by atoms with Crippen LogP contribution >= 0.6 is 0 Å². The Bertz CT molecular complexity index is 717. The fourth-order valence-corrected chi connectivity index (χ4v) is 2.17. The van der Waals surface area contributed by atoms with Gasteiger partial charge in [-0.3, -0.25) is 4.79 Å².